The van der Waals surface area contributed by atoms with Gasteiger partial charge in [0.15, 0.2) is 9.84 Å². The zero-order valence-corrected chi connectivity index (χ0v) is 16.5. The van der Waals surface area contributed by atoms with Crippen LogP contribution in [0.5, 0.6) is 0 Å². The molecule has 1 aliphatic rings. The molecule has 0 fully saturated rings. The van der Waals surface area contributed by atoms with Gasteiger partial charge in [-0.15, -0.1) is 0 Å². The van der Waals surface area contributed by atoms with Gasteiger partial charge in [-0.3, -0.25) is 0 Å². The molecule has 0 aromatic heterocycles. The van der Waals surface area contributed by atoms with E-state index in [1.807, 2.05) is 39.0 Å². The second-order valence-electron chi connectivity index (χ2n) is 6.88. The second kappa shape index (κ2) is 8.48. The highest BCUT2D eigenvalue weighted by Crippen LogP contribution is 2.39. The van der Waals surface area contributed by atoms with Crippen molar-refractivity contribution in [3.8, 4) is 0 Å². The SMILES string of the molecule is CC1=C(/C=C/C(C)=C/C=C/C(C)=C/C(=O)O)[C@@](C)(S(C)(=O)=O)CCC1. The molecular formula is C20H28O4S. The predicted octanol–water partition coefficient (Wildman–Crippen LogP) is 4.38. The fourth-order valence-corrected chi connectivity index (χ4v) is 4.14. The van der Waals surface area contributed by atoms with Gasteiger partial charge in [0.05, 0.1) is 4.75 Å². The maximum Gasteiger partial charge on any atom is 0.328 e. The molecule has 1 rings (SSSR count). The van der Waals surface area contributed by atoms with Crippen molar-refractivity contribution in [3.63, 3.8) is 0 Å². The van der Waals surface area contributed by atoms with Crippen molar-refractivity contribution in [2.45, 2.75) is 51.7 Å². The van der Waals surface area contributed by atoms with Crippen LogP contribution in [0, 0.1) is 0 Å². The minimum absolute atomic E-state index is 0.644. The van der Waals surface area contributed by atoms with Crippen molar-refractivity contribution >= 4 is 15.8 Å². The van der Waals surface area contributed by atoms with E-state index in [1.54, 1.807) is 19.1 Å². The van der Waals surface area contributed by atoms with E-state index in [0.29, 0.717) is 12.0 Å². The lowest BCUT2D eigenvalue weighted by Crippen LogP contribution is -2.38. The van der Waals surface area contributed by atoms with E-state index >= 15 is 0 Å². The molecule has 0 aromatic rings. The summed E-state index contributed by atoms with van der Waals surface area (Å²) >= 11 is 0. The Morgan fingerprint density at radius 2 is 1.84 bits per heavy atom. The number of carboxylic acids is 1. The molecule has 0 radical (unpaired) electrons. The van der Waals surface area contributed by atoms with E-state index < -0.39 is 20.6 Å². The van der Waals surface area contributed by atoms with Gasteiger partial charge in [-0.25, -0.2) is 13.2 Å². The number of hydrogen-bond acceptors (Lipinski definition) is 3. The molecule has 0 saturated heterocycles. The van der Waals surface area contributed by atoms with Crippen LogP contribution < -0.4 is 0 Å². The van der Waals surface area contributed by atoms with E-state index in [0.717, 1.165) is 35.6 Å². The minimum atomic E-state index is -3.20. The predicted molar refractivity (Wildman–Crippen MR) is 103 cm³/mol. The summed E-state index contributed by atoms with van der Waals surface area (Å²) in [5.74, 6) is -0.970. The molecule has 1 aliphatic carbocycles. The molecule has 0 unspecified atom stereocenters. The number of aliphatic carboxylic acids is 1. The van der Waals surface area contributed by atoms with Gasteiger partial charge in [0.1, 0.15) is 0 Å². The molecule has 1 N–H and O–H groups in total. The van der Waals surface area contributed by atoms with Crippen LogP contribution in [0.15, 0.2) is 58.7 Å². The molecule has 0 heterocycles. The van der Waals surface area contributed by atoms with E-state index in [4.69, 9.17) is 5.11 Å². The van der Waals surface area contributed by atoms with Crippen LogP contribution in [0.1, 0.15) is 47.0 Å². The van der Waals surface area contributed by atoms with Gasteiger partial charge in [0, 0.05) is 12.3 Å². The first kappa shape index (κ1) is 21.2. The van der Waals surface area contributed by atoms with Crippen molar-refractivity contribution in [2.24, 2.45) is 0 Å². The molecular weight excluding hydrogens is 336 g/mol. The van der Waals surface area contributed by atoms with E-state index in [-0.39, 0.29) is 0 Å². The molecule has 5 heteroatoms. The lowest BCUT2D eigenvalue weighted by atomic mass is 9.83. The van der Waals surface area contributed by atoms with Crippen molar-refractivity contribution in [1.82, 2.24) is 0 Å². The van der Waals surface area contributed by atoms with Crippen LogP contribution in [-0.2, 0) is 14.6 Å². The number of hydrogen-bond donors (Lipinski definition) is 1. The van der Waals surface area contributed by atoms with Crippen molar-refractivity contribution in [1.29, 1.82) is 0 Å². The summed E-state index contributed by atoms with van der Waals surface area (Å²) in [4.78, 5) is 10.6. The Morgan fingerprint density at radius 3 is 2.40 bits per heavy atom. The molecule has 1 atom stereocenters. The summed E-state index contributed by atoms with van der Waals surface area (Å²) < 4.78 is 23.8. The number of carbonyl (C=O) groups is 1. The summed E-state index contributed by atoms with van der Waals surface area (Å²) in [7, 11) is -3.20. The summed E-state index contributed by atoms with van der Waals surface area (Å²) in [6.45, 7) is 7.45. The average Bonchev–Trinajstić information content (AvgIpc) is 2.44. The Hall–Kier alpha value is -1.88. The first-order chi connectivity index (χ1) is 11.5. The minimum Gasteiger partial charge on any atom is -0.478 e. The highest BCUT2D eigenvalue weighted by molar-refractivity contribution is 7.92. The van der Waals surface area contributed by atoms with Crippen LogP contribution in [0.4, 0.5) is 0 Å². The van der Waals surface area contributed by atoms with Gasteiger partial charge in [-0.1, -0.05) is 41.5 Å². The smallest absolute Gasteiger partial charge is 0.328 e. The fraction of sp³-hybridized carbons (Fsp3) is 0.450. The van der Waals surface area contributed by atoms with Crippen molar-refractivity contribution < 1.29 is 18.3 Å². The lowest BCUT2D eigenvalue weighted by Gasteiger charge is -2.34. The van der Waals surface area contributed by atoms with Crippen LogP contribution >= 0.6 is 0 Å². The Balaban J connectivity index is 3.04. The maximum absolute atomic E-state index is 12.3. The van der Waals surface area contributed by atoms with Crippen LogP contribution in [0.3, 0.4) is 0 Å². The standard InChI is InChI=1S/C20H28O4S/c1-15(8-6-9-16(2)14-19(21)22)11-12-18-17(3)10-7-13-20(18,4)25(5,23)24/h6,8-9,11-12,14H,7,10,13H2,1-5H3,(H,21,22)/b9-6+,12-11+,15-8+,16-14+/t20-/m0/s1. The molecule has 0 bridgehead atoms. The highest BCUT2D eigenvalue weighted by Gasteiger charge is 2.40. The quantitative estimate of drug-likeness (QED) is 0.561. The summed E-state index contributed by atoms with van der Waals surface area (Å²) in [5.41, 5.74) is 3.62. The third kappa shape index (κ3) is 5.85. The Labute approximate surface area is 151 Å². The molecule has 4 nitrogen and oxygen atoms in total. The van der Waals surface area contributed by atoms with Crippen LogP contribution in [0.2, 0.25) is 0 Å². The molecule has 0 spiro atoms. The van der Waals surface area contributed by atoms with E-state index in [9.17, 15) is 13.2 Å². The molecule has 25 heavy (non-hydrogen) atoms. The zero-order chi connectivity index (χ0) is 19.3. The summed E-state index contributed by atoms with van der Waals surface area (Å²) in [5, 5.41) is 8.67. The maximum atomic E-state index is 12.3. The van der Waals surface area contributed by atoms with Crippen molar-refractivity contribution in [2.75, 3.05) is 6.26 Å². The first-order valence-corrected chi connectivity index (χ1v) is 10.2. The zero-order valence-electron chi connectivity index (χ0n) is 15.7. The third-order valence-corrected chi connectivity index (χ3v) is 6.70. The number of carboxylic acid groups (broad SMARTS) is 1. The number of sulfone groups is 1. The highest BCUT2D eigenvalue weighted by atomic mass is 32.2. The van der Waals surface area contributed by atoms with Gasteiger partial charge < -0.3 is 5.11 Å². The first-order valence-electron chi connectivity index (χ1n) is 8.31. The Kier molecular flexibility index (Phi) is 7.17. The average molecular weight is 365 g/mol. The third-order valence-electron chi connectivity index (χ3n) is 4.64. The summed E-state index contributed by atoms with van der Waals surface area (Å²) in [6.07, 6.45) is 14.1. The van der Waals surface area contributed by atoms with Gasteiger partial charge in [-0.05, 0) is 58.1 Å². The number of rotatable bonds is 6. The molecule has 0 saturated carbocycles. The molecule has 0 amide bonds. The van der Waals surface area contributed by atoms with Gasteiger partial charge in [0.2, 0.25) is 0 Å². The van der Waals surface area contributed by atoms with Crippen LogP contribution in [0.25, 0.3) is 0 Å². The Bertz CT molecular complexity index is 777. The fourth-order valence-electron chi connectivity index (χ4n) is 2.98. The molecule has 138 valence electrons. The lowest BCUT2D eigenvalue weighted by molar-refractivity contribution is -0.131. The van der Waals surface area contributed by atoms with Gasteiger partial charge in [0.25, 0.3) is 0 Å². The van der Waals surface area contributed by atoms with Crippen molar-refractivity contribution in [3.05, 3.63) is 58.7 Å². The van der Waals surface area contributed by atoms with Gasteiger partial charge in [-0.2, -0.15) is 0 Å². The van der Waals surface area contributed by atoms with Gasteiger partial charge >= 0.3 is 5.97 Å². The van der Waals surface area contributed by atoms with E-state index in [1.165, 1.54) is 6.26 Å². The van der Waals surface area contributed by atoms with Crippen LogP contribution in [-0.4, -0.2) is 30.5 Å². The monoisotopic (exact) mass is 364 g/mol. The van der Waals surface area contributed by atoms with E-state index in [2.05, 4.69) is 0 Å². The number of allylic oxidation sites excluding steroid dienone is 8. The molecule has 0 aliphatic heterocycles. The normalized spacial score (nSPS) is 23.7. The second-order valence-corrected chi connectivity index (χ2v) is 9.33. The molecule has 0 aromatic carbocycles. The Morgan fingerprint density at radius 1 is 1.20 bits per heavy atom. The largest absolute Gasteiger partial charge is 0.478 e. The topological polar surface area (TPSA) is 71.4 Å². The summed E-state index contributed by atoms with van der Waals surface area (Å²) in [6, 6.07) is 0.